The fraction of sp³-hybridized carbons (Fsp3) is 0.0526. The smallest absolute Gasteiger partial charge is 0.255 e. The molecule has 0 unspecified atom stereocenters. The molecule has 0 spiro atoms. The predicted molar refractivity (Wildman–Crippen MR) is 89.9 cm³/mol. The average Bonchev–Trinajstić information content (AvgIpc) is 2.57. The maximum Gasteiger partial charge on any atom is 0.255 e. The SMILES string of the molecule is Cc1ccc(C(=O)Nc2cccc(Oc3ccncc3)c2)cc1. The highest BCUT2D eigenvalue weighted by Crippen LogP contribution is 2.23. The molecule has 1 N–H and O–H groups in total. The van der Waals surface area contributed by atoms with Gasteiger partial charge in [0.1, 0.15) is 11.5 Å². The quantitative estimate of drug-likeness (QED) is 0.775. The zero-order valence-electron chi connectivity index (χ0n) is 12.7. The van der Waals surface area contributed by atoms with Crippen LogP contribution in [0.5, 0.6) is 11.5 Å². The Morgan fingerprint density at radius 3 is 2.43 bits per heavy atom. The van der Waals surface area contributed by atoms with E-state index in [0.717, 1.165) is 5.56 Å². The topological polar surface area (TPSA) is 51.2 Å². The number of pyridine rings is 1. The first-order valence-corrected chi connectivity index (χ1v) is 7.27. The van der Waals surface area contributed by atoms with Gasteiger partial charge in [-0.25, -0.2) is 0 Å². The van der Waals surface area contributed by atoms with Gasteiger partial charge in [-0.2, -0.15) is 0 Å². The molecule has 0 aliphatic rings. The Balaban J connectivity index is 1.72. The summed E-state index contributed by atoms with van der Waals surface area (Å²) in [6.45, 7) is 1.99. The highest BCUT2D eigenvalue weighted by atomic mass is 16.5. The van der Waals surface area contributed by atoms with E-state index < -0.39 is 0 Å². The van der Waals surface area contributed by atoms with Crippen LogP contribution >= 0.6 is 0 Å². The Morgan fingerprint density at radius 2 is 1.70 bits per heavy atom. The summed E-state index contributed by atoms with van der Waals surface area (Å²) in [5.41, 5.74) is 2.42. The molecule has 4 heteroatoms. The van der Waals surface area contributed by atoms with Crippen LogP contribution in [0.25, 0.3) is 0 Å². The molecule has 1 amide bonds. The number of carbonyl (C=O) groups excluding carboxylic acids is 1. The molecule has 0 fully saturated rings. The summed E-state index contributed by atoms with van der Waals surface area (Å²) in [6, 6.07) is 18.3. The molecule has 3 aromatic rings. The molecule has 0 aliphatic carbocycles. The molecule has 114 valence electrons. The Morgan fingerprint density at radius 1 is 0.957 bits per heavy atom. The number of aryl methyl sites for hydroxylation is 1. The minimum absolute atomic E-state index is 0.147. The van der Waals surface area contributed by atoms with Crippen LogP contribution in [0.15, 0.2) is 73.1 Å². The number of hydrogen-bond donors (Lipinski definition) is 1. The van der Waals surface area contributed by atoms with Gasteiger partial charge in [-0.3, -0.25) is 9.78 Å². The first-order valence-electron chi connectivity index (χ1n) is 7.27. The van der Waals surface area contributed by atoms with Crippen LogP contribution in [0.4, 0.5) is 5.69 Å². The normalized spacial score (nSPS) is 10.1. The maximum absolute atomic E-state index is 12.2. The van der Waals surface area contributed by atoms with Gasteiger partial charge in [0.2, 0.25) is 0 Å². The van der Waals surface area contributed by atoms with E-state index >= 15 is 0 Å². The van der Waals surface area contributed by atoms with E-state index in [0.29, 0.717) is 22.7 Å². The van der Waals surface area contributed by atoms with E-state index in [2.05, 4.69) is 10.3 Å². The summed E-state index contributed by atoms with van der Waals surface area (Å²) in [6.07, 6.45) is 3.33. The van der Waals surface area contributed by atoms with Crippen molar-refractivity contribution in [3.8, 4) is 11.5 Å². The lowest BCUT2D eigenvalue weighted by molar-refractivity contribution is 0.102. The van der Waals surface area contributed by atoms with Gasteiger partial charge < -0.3 is 10.1 Å². The number of anilines is 1. The van der Waals surface area contributed by atoms with Crippen LogP contribution in [-0.2, 0) is 0 Å². The average molecular weight is 304 g/mol. The van der Waals surface area contributed by atoms with E-state index in [1.165, 1.54) is 0 Å². The first kappa shape index (κ1) is 14.8. The predicted octanol–water partition coefficient (Wildman–Crippen LogP) is 4.43. The summed E-state index contributed by atoms with van der Waals surface area (Å²) >= 11 is 0. The van der Waals surface area contributed by atoms with E-state index in [9.17, 15) is 4.79 Å². The van der Waals surface area contributed by atoms with Crippen LogP contribution in [0, 0.1) is 6.92 Å². The lowest BCUT2D eigenvalue weighted by Crippen LogP contribution is -2.11. The lowest BCUT2D eigenvalue weighted by Gasteiger charge is -2.09. The van der Waals surface area contributed by atoms with Crippen LogP contribution in [0.3, 0.4) is 0 Å². The van der Waals surface area contributed by atoms with Crippen molar-refractivity contribution in [2.24, 2.45) is 0 Å². The van der Waals surface area contributed by atoms with E-state index in [4.69, 9.17) is 4.74 Å². The second kappa shape index (κ2) is 6.75. The van der Waals surface area contributed by atoms with Gasteiger partial charge >= 0.3 is 0 Å². The molecule has 0 bridgehead atoms. The van der Waals surface area contributed by atoms with E-state index in [-0.39, 0.29) is 5.91 Å². The molecule has 0 saturated carbocycles. The van der Waals surface area contributed by atoms with Gasteiger partial charge in [-0.1, -0.05) is 23.8 Å². The Hall–Kier alpha value is -3.14. The number of benzene rings is 2. The van der Waals surface area contributed by atoms with Crippen LogP contribution in [-0.4, -0.2) is 10.9 Å². The minimum atomic E-state index is -0.147. The second-order valence-electron chi connectivity index (χ2n) is 5.13. The fourth-order valence-electron chi connectivity index (χ4n) is 2.09. The van der Waals surface area contributed by atoms with Crippen molar-refractivity contribution < 1.29 is 9.53 Å². The number of ether oxygens (including phenoxy) is 1. The third-order valence-electron chi connectivity index (χ3n) is 3.29. The summed E-state index contributed by atoms with van der Waals surface area (Å²) < 4.78 is 5.73. The minimum Gasteiger partial charge on any atom is -0.457 e. The highest BCUT2D eigenvalue weighted by molar-refractivity contribution is 6.04. The summed E-state index contributed by atoms with van der Waals surface area (Å²) in [4.78, 5) is 16.2. The third-order valence-corrected chi connectivity index (χ3v) is 3.29. The van der Waals surface area contributed by atoms with E-state index in [1.54, 1.807) is 30.6 Å². The van der Waals surface area contributed by atoms with Crippen LogP contribution < -0.4 is 10.1 Å². The molecule has 3 rings (SSSR count). The zero-order valence-corrected chi connectivity index (χ0v) is 12.7. The van der Waals surface area contributed by atoms with Crippen molar-refractivity contribution in [3.05, 3.63) is 84.2 Å². The molecule has 2 aromatic carbocycles. The number of amides is 1. The number of nitrogens with one attached hydrogen (secondary N) is 1. The summed E-state index contributed by atoms with van der Waals surface area (Å²) in [5, 5.41) is 2.87. The van der Waals surface area contributed by atoms with Gasteiger partial charge in [-0.05, 0) is 43.3 Å². The van der Waals surface area contributed by atoms with Crippen molar-refractivity contribution in [1.82, 2.24) is 4.98 Å². The standard InChI is InChI=1S/C19H16N2O2/c1-14-5-7-15(8-6-14)19(22)21-16-3-2-4-18(13-16)23-17-9-11-20-12-10-17/h2-13H,1H3,(H,21,22). The number of hydrogen-bond acceptors (Lipinski definition) is 3. The Labute approximate surface area is 134 Å². The molecular formula is C19H16N2O2. The molecule has 0 radical (unpaired) electrons. The third kappa shape index (κ3) is 3.95. The van der Waals surface area contributed by atoms with Gasteiger partial charge in [0.05, 0.1) is 0 Å². The monoisotopic (exact) mass is 304 g/mol. The van der Waals surface area contributed by atoms with Gasteiger partial charge in [0, 0.05) is 29.7 Å². The van der Waals surface area contributed by atoms with Gasteiger partial charge in [0.25, 0.3) is 5.91 Å². The van der Waals surface area contributed by atoms with Crippen LogP contribution in [0.2, 0.25) is 0 Å². The van der Waals surface area contributed by atoms with Crippen molar-refractivity contribution in [3.63, 3.8) is 0 Å². The van der Waals surface area contributed by atoms with Crippen molar-refractivity contribution in [2.75, 3.05) is 5.32 Å². The van der Waals surface area contributed by atoms with Crippen molar-refractivity contribution in [1.29, 1.82) is 0 Å². The molecule has 1 heterocycles. The van der Waals surface area contributed by atoms with Gasteiger partial charge in [0.15, 0.2) is 0 Å². The number of aromatic nitrogens is 1. The zero-order chi connectivity index (χ0) is 16.1. The molecule has 0 saturated heterocycles. The van der Waals surface area contributed by atoms with Crippen molar-refractivity contribution in [2.45, 2.75) is 6.92 Å². The largest absolute Gasteiger partial charge is 0.457 e. The molecule has 4 nitrogen and oxygen atoms in total. The summed E-state index contributed by atoms with van der Waals surface area (Å²) in [7, 11) is 0. The Bertz CT molecular complexity index is 799. The van der Waals surface area contributed by atoms with Crippen molar-refractivity contribution >= 4 is 11.6 Å². The van der Waals surface area contributed by atoms with Crippen LogP contribution in [0.1, 0.15) is 15.9 Å². The molecule has 0 atom stereocenters. The maximum atomic E-state index is 12.2. The van der Waals surface area contributed by atoms with E-state index in [1.807, 2.05) is 49.4 Å². The second-order valence-corrected chi connectivity index (χ2v) is 5.13. The molecular weight excluding hydrogens is 288 g/mol. The number of rotatable bonds is 4. The molecule has 0 aliphatic heterocycles. The summed E-state index contributed by atoms with van der Waals surface area (Å²) in [5.74, 6) is 1.20. The fourth-order valence-corrected chi connectivity index (χ4v) is 2.09. The first-order chi connectivity index (χ1) is 11.2. The number of nitrogens with zero attached hydrogens (tertiary/aromatic N) is 1. The number of carbonyl (C=O) groups is 1. The molecule has 1 aromatic heterocycles. The lowest BCUT2D eigenvalue weighted by atomic mass is 10.1. The molecule has 23 heavy (non-hydrogen) atoms. The Kier molecular flexibility index (Phi) is 4.34. The highest BCUT2D eigenvalue weighted by Gasteiger charge is 2.06. The van der Waals surface area contributed by atoms with Gasteiger partial charge in [-0.15, -0.1) is 0 Å².